The largest absolute Gasteiger partial charge is 0.348 e. The van der Waals surface area contributed by atoms with Crippen LogP contribution >= 0.6 is 0 Å². The number of unbranched alkanes of at least 4 members (excludes halogenated alkanes) is 3. The van der Waals surface area contributed by atoms with Gasteiger partial charge in [0.2, 0.25) is 0 Å². The fourth-order valence-electron chi connectivity index (χ4n) is 3.08. The van der Waals surface area contributed by atoms with Crippen LogP contribution in [-0.2, 0) is 19.4 Å². The molecule has 0 bridgehead atoms. The number of hydrogen-bond acceptors (Lipinski definition) is 1. The number of fused-ring (bicyclic) bond motifs is 1. The van der Waals surface area contributed by atoms with Crippen LogP contribution in [0.2, 0.25) is 0 Å². The van der Waals surface area contributed by atoms with Gasteiger partial charge in [0.25, 0.3) is 0 Å². The molecule has 0 aliphatic carbocycles. The summed E-state index contributed by atoms with van der Waals surface area (Å²) in [5.74, 6) is 0.377. The zero-order valence-corrected chi connectivity index (χ0v) is 12.5. The zero-order chi connectivity index (χ0) is 13.7. The number of rotatable bonds is 8. The molecule has 0 saturated heterocycles. The third kappa shape index (κ3) is 3.29. The van der Waals surface area contributed by atoms with E-state index in [4.69, 9.17) is 0 Å². The number of carbonyl (C=O) groups is 1. The van der Waals surface area contributed by atoms with Gasteiger partial charge in [0.1, 0.15) is 0 Å². The zero-order valence-electron chi connectivity index (χ0n) is 12.5. The first-order chi connectivity index (χ1) is 9.27. The van der Waals surface area contributed by atoms with Gasteiger partial charge in [-0.1, -0.05) is 33.1 Å². The summed E-state index contributed by atoms with van der Waals surface area (Å²) in [6.07, 6.45) is 10.0. The minimum Gasteiger partial charge on any atom is -0.348 e. The Morgan fingerprint density at radius 3 is 2.74 bits per heavy atom. The molecule has 2 heterocycles. The van der Waals surface area contributed by atoms with E-state index in [-0.39, 0.29) is 0 Å². The first-order valence-corrected chi connectivity index (χ1v) is 8.02. The van der Waals surface area contributed by atoms with Crippen molar-refractivity contribution in [2.75, 3.05) is 0 Å². The smallest absolute Gasteiger partial charge is 0.164 e. The molecule has 0 saturated carbocycles. The molecule has 19 heavy (non-hydrogen) atoms. The molecule has 106 valence electrons. The molecule has 1 aliphatic rings. The highest BCUT2D eigenvalue weighted by Gasteiger charge is 2.22. The summed E-state index contributed by atoms with van der Waals surface area (Å²) in [7, 11) is 0. The van der Waals surface area contributed by atoms with E-state index in [1.54, 1.807) is 0 Å². The van der Waals surface area contributed by atoms with Gasteiger partial charge >= 0.3 is 0 Å². The molecule has 0 unspecified atom stereocenters. The summed E-state index contributed by atoms with van der Waals surface area (Å²) in [6.45, 7) is 5.53. The number of aryl methyl sites for hydroxylation is 1. The van der Waals surface area contributed by atoms with Gasteiger partial charge < -0.3 is 4.57 Å². The Morgan fingerprint density at radius 1 is 1.21 bits per heavy atom. The lowest BCUT2D eigenvalue weighted by molar-refractivity contribution is 0.0978. The highest BCUT2D eigenvalue weighted by Crippen LogP contribution is 2.27. The third-order valence-electron chi connectivity index (χ3n) is 4.18. The van der Waals surface area contributed by atoms with E-state index in [9.17, 15) is 4.79 Å². The van der Waals surface area contributed by atoms with E-state index in [0.29, 0.717) is 5.78 Å². The molecule has 2 heteroatoms. The Kier molecular flexibility index (Phi) is 5.24. The second-order valence-corrected chi connectivity index (χ2v) is 5.74. The molecule has 2 nitrogen and oxygen atoms in total. The third-order valence-corrected chi connectivity index (χ3v) is 4.18. The number of nitrogens with zero attached hydrogens (tertiary/aromatic N) is 1. The molecule has 1 aliphatic heterocycles. The van der Waals surface area contributed by atoms with Crippen LogP contribution in [0.5, 0.6) is 0 Å². The Bertz CT molecular complexity index is 431. The van der Waals surface area contributed by atoms with Crippen molar-refractivity contribution in [3.63, 3.8) is 0 Å². The van der Waals surface area contributed by atoms with E-state index in [2.05, 4.69) is 24.5 Å². The van der Waals surface area contributed by atoms with Crippen LogP contribution in [0.4, 0.5) is 0 Å². The molecule has 0 fully saturated rings. The van der Waals surface area contributed by atoms with Gasteiger partial charge in [-0.3, -0.25) is 4.79 Å². The number of hydrogen-bond donors (Lipinski definition) is 0. The molecule has 0 amide bonds. The normalized spacial score (nSPS) is 13.8. The summed E-state index contributed by atoms with van der Waals surface area (Å²) < 4.78 is 2.42. The SMILES string of the molecule is CCCCCC(=O)c1cc(CCCC)n2c1CCC2. The van der Waals surface area contributed by atoms with Crippen molar-refractivity contribution in [2.24, 2.45) is 0 Å². The molecule has 0 atom stereocenters. The average Bonchev–Trinajstić information content (AvgIpc) is 2.98. The van der Waals surface area contributed by atoms with Gasteiger partial charge in [0.15, 0.2) is 5.78 Å². The van der Waals surface area contributed by atoms with Gasteiger partial charge in [-0.15, -0.1) is 0 Å². The lowest BCUT2D eigenvalue weighted by Crippen LogP contribution is -2.02. The maximum absolute atomic E-state index is 12.4. The van der Waals surface area contributed by atoms with Crippen LogP contribution in [0.25, 0.3) is 0 Å². The predicted molar refractivity (Wildman–Crippen MR) is 79.8 cm³/mol. The summed E-state index contributed by atoms with van der Waals surface area (Å²) in [4.78, 5) is 12.4. The number of Topliss-reactive ketones (excluding diaryl/α,β-unsaturated/α-hetero) is 1. The van der Waals surface area contributed by atoms with Crippen LogP contribution in [0.1, 0.15) is 80.5 Å². The Hall–Kier alpha value is -1.05. The van der Waals surface area contributed by atoms with Crippen molar-refractivity contribution in [3.05, 3.63) is 23.0 Å². The Balaban J connectivity index is 2.10. The van der Waals surface area contributed by atoms with E-state index < -0.39 is 0 Å². The molecule has 1 aromatic heterocycles. The van der Waals surface area contributed by atoms with Crippen molar-refractivity contribution < 1.29 is 4.79 Å². The van der Waals surface area contributed by atoms with Crippen molar-refractivity contribution in [3.8, 4) is 0 Å². The number of carbonyl (C=O) groups excluding carboxylic acids is 1. The van der Waals surface area contributed by atoms with Crippen LogP contribution in [0, 0.1) is 0 Å². The molecule has 0 spiro atoms. The summed E-state index contributed by atoms with van der Waals surface area (Å²) in [5.41, 5.74) is 3.76. The fourth-order valence-corrected chi connectivity index (χ4v) is 3.08. The minimum atomic E-state index is 0.377. The van der Waals surface area contributed by atoms with Crippen LogP contribution in [-0.4, -0.2) is 10.4 Å². The van der Waals surface area contributed by atoms with Crippen molar-refractivity contribution in [1.82, 2.24) is 4.57 Å². The molecular formula is C17H27NO. The summed E-state index contributed by atoms with van der Waals surface area (Å²) in [6, 6.07) is 2.19. The monoisotopic (exact) mass is 261 g/mol. The molecule has 1 aromatic rings. The number of ketones is 1. The first-order valence-electron chi connectivity index (χ1n) is 8.02. The van der Waals surface area contributed by atoms with Crippen LogP contribution < -0.4 is 0 Å². The van der Waals surface area contributed by atoms with Gasteiger partial charge in [0, 0.05) is 29.9 Å². The Morgan fingerprint density at radius 2 is 2.00 bits per heavy atom. The molecular weight excluding hydrogens is 234 g/mol. The molecule has 2 rings (SSSR count). The van der Waals surface area contributed by atoms with Crippen molar-refractivity contribution in [2.45, 2.75) is 78.2 Å². The summed E-state index contributed by atoms with van der Waals surface area (Å²) >= 11 is 0. The van der Waals surface area contributed by atoms with Gasteiger partial charge in [-0.25, -0.2) is 0 Å². The second kappa shape index (κ2) is 6.93. The molecule has 0 aromatic carbocycles. The quantitative estimate of drug-likeness (QED) is 0.497. The lowest BCUT2D eigenvalue weighted by Gasteiger charge is -2.04. The summed E-state index contributed by atoms with van der Waals surface area (Å²) in [5, 5.41) is 0. The highest BCUT2D eigenvalue weighted by molar-refractivity contribution is 5.97. The van der Waals surface area contributed by atoms with Gasteiger partial charge in [0.05, 0.1) is 0 Å². The standard InChI is InChI=1S/C17H27NO/c1-3-5-7-11-17(19)15-13-14(9-6-4-2)18-12-8-10-16(15)18/h13H,3-12H2,1-2H3. The minimum absolute atomic E-state index is 0.377. The van der Waals surface area contributed by atoms with E-state index >= 15 is 0 Å². The lowest BCUT2D eigenvalue weighted by atomic mass is 10.0. The number of aromatic nitrogens is 1. The van der Waals surface area contributed by atoms with Crippen molar-refractivity contribution >= 4 is 5.78 Å². The van der Waals surface area contributed by atoms with E-state index in [1.807, 2.05) is 0 Å². The maximum Gasteiger partial charge on any atom is 0.164 e. The Labute approximate surface area is 117 Å². The van der Waals surface area contributed by atoms with Gasteiger partial charge in [-0.05, 0) is 38.2 Å². The second-order valence-electron chi connectivity index (χ2n) is 5.74. The molecule has 0 N–H and O–H groups in total. The van der Waals surface area contributed by atoms with E-state index in [1.165, 1.54) is 43.5 Å². The average molecular weight is 261 g/mol. The van der Waals surface area contributed by atoms with Gasteiger partial charge in [-0.2, -0.15) is 0 Å². The highest BCUT2D eigenvalue weighted by atomic mass is 16.1. The first kappa shape index (κ1) is 14.4. The topological polar surface area (TPSA) is 22.0 Å². The molecule has 0 radical (unpaired) electrons. The van der Waals surface area contributed by atoms with Crippen LogP contribution in [0.15, 0.2) is 6.07 Å². The van der Waals surface area contributed by atoms with Crippen molar-refractivity contribution in [1.29, 1.82) is 0 Å². The van der Waals surface area contributed by atoms with E-state index in [0.717, 1.165) is 37.8 Å². The predicted octanol–water partition coefficient (Wildman–Crippen LogP) is 4.54. The van der Waals surface area contributed by atoms with Crippen LogP contribution in [0.3, 0.4) is 0 Å². The maximum atomic E-state index is 12.4. The fraction of sp³-hybridized carbons (Fsp3) is 0.706.